The van der Waals surface area contributed by atoms with E-state index in [4.69, 9.17) is 4.74 Å². The lowest BCUT2D eigenvalue weighted by Crippen LogP contribution is -2.55. The SMILES string of the molecule is C[C@@H]1CN(c2cc(-n3ncc4ccc([C@@]5(C#N)CC56CC6)cc43)ncn2)CCN1[C@@H]1CCOC1. The molecule has 0 unspecified atom stereocenters. The highest BCUT2D eigenvalue weighted by atomic mass is 16.5. The van der Waals surface area contributed by atoms with Crippen LogP contribution in [0, 0.1) is 16.7 Å². The van der Waals surface area contributed by atoms with Gasteiger partial charge in [-0.2, -0.15) is 10.4 Å². The highest BCUT2D eigenvalue weighted by Gasteiger charge is 2.75. The fourth-order valence-corrected chi connectivity index (χ4v) is 6.45. The number of hydrogen-bond donors (Lipinski definition) is 0. The number of nitrogens with zero attached hydrogens (tertiary/aromatic N) is 7. The lowest BCUT2D eigenvalue weighted by atomic mass is 9.93. The molecule has 4 heterocycles. The van der Waals surface area contributed by atoms with Crippen molar-refractivity contribution >= 4 is 16.7 Å². The molecule has 3 atom stereocenters. The van der Waals surface area contributed by atoms with Gasteiger partial charge in [-0.25, -0.2) is 14.6 Å². The van der Waals surface area contributed by atoms with Crippen molar-refractivity contribution in [3.05, 3.63) is 42.4 Å². The van der Waals surface area contributed by atoms with Gasteiger partial charge in [-0.3, -0.25) is 4.90 Å². The van der Waals surface area contributed by atoms with Gasteiger partial charge < -0.3 is 9.64 Å². The molecule has 34 heavy (non-hydrogen) atoms. The molecule has 174 valence electrons. The van der Waals surface area contributed by atoms with Crippen molar-refractivity contribution in [3.8, 4) is 11.9 Å². The molecule has 8 heteroatoms. The van der Waals surface area contributed by atoms with Gasteiger partial charge in [-0.05, 0) is 49.7 Å². The monoisotopic (exact) mass is 455 g/mol. The first kappa shape index (κ1) is 20.4. The van der Waals surface area contributed by atoms with Crippen LogP contribution in [0.15, 0.2) is 36.8 Å². The Kier molecular flexibility index (Phi) is 4.33. The predicted octanol–water partition coefficient (Wildman–Crippen LogP) is 3.06. The van der Waals surface area contributed by atoms with Crippen molar-refractivity contribution in [1.29, 1.82) is 5.26 Å². The molecule has 0 bridgehead atoms. The lowest BCUT2D eigenvalue weighted by molar-refractivity contribution is 0.105. The summed E-state index contributed by atoms with van der Waals surface area (Å²) < 4.78 is 7.51. The zero-order chi connectivity index (χ0) is 22.9. The van der Waals surface area contributed by atoms with Crippen molar-refractivity contribution in [2.75, 3.05) is 37.7 Å². The van der Waals surface area contributed by atoms with Crippen molar-refractivity contribution in [2.45, 2.75) is 50.1 Å². The molecule has 2 aromatic heterocycles. The zero-order valence-corrected chi connectivity index (χ0v) is 19.5. The molecule has 2 aliphatic heterocycles. The van der Waals surface area contributed by atoms with Crippen molar-refractivity contribution in [2.24, 2.45) is 5.41 Å². The van der Waals surface area contributed by atoms with Gasteiger partial charge >= 0.3 is 0 Å². The van der Waals surface area contributed by atoms with E-state index in [0.717, 1.165) is 73.8 Å². The second-order valence-corrected chi connectivity index (χ2v) is 10.6. The Balaban J connectivity index is 1.17. The van der Waals surface area contributed by atoms with Crippen LogP contribution >= 0.6 is 0 Å². The van der Waals surface area contributed by atoms with Gasteiger partial charge in [0.25, 0.3) is 0 Å². The van der Waals surface area contributed by atoms with Crippen LogP contribution < -0.4 is 4.90 Å². The van der Waals surface area contributed by atoms with Crippen LogP contribution in [-0.2, 0) is 10.2 Å². The minimum absolute atomic E-state index is 0.242. The summed E-state index contributed by atoms with van der Waals surface area (Å²) in [5, 5.41) is 15.7. The molecule has 3 aromatic rings. The third-order valence-corrected chi connectivity index (χ3v) is 8.72. The first-order valence-corrected chi connectivity index (χ1v) is 12.4. The van der Waals surface area contributed by atoms with Gasteiger partial charge in [0.1, 0.15) is 12.1 Å². The number of piperazine rings is 1. The summed E-state index contributed by atoms with van der Waals surface area (Å²) in [6.45, 7) is 6.91. The largest absolute Gasteiger partial charge is 0.380 e. The third-order valence-electron chi connectivity index (χ3n) is 8.72. The van der Waals surface area contributed by atoms with E-state index in [0.29, 0.717) is 12.1 Å². The number of benzene rings is 1. The van der Waals surface area contributed by atoms with Gasteiger partial charge in [-0.1, -0.05) is 12.1 Å². The number of ether oxygens (including phenoxy) is 1. The van der Waals surface area contributed by atoms with Crippen LogP contribution in [0.25, 0.3) is 16.7 Å². The van der Waals surface area contributed by atoms with Crippen LogP contribution in [0.5, 0.6) is 0 Å². The average Bonchev–Trinajstić information content (AvgIpc) is 3.60. The summed E-state index contributed by atoms with van der Waals surface area (Å²) in [7, 11) is 0. The number of aromatic nitrogens is 4. The number of fused-ring (bicyclic) bond motifs is 1. The highest BCUT2D eigenvalue weighted by molar-refractivity contribution is 5.82. The fourth-order valence-electron chi connectivity index (χ4n) is 6.45. The van der Waals surface area contributed by atoms with Crippen LogP contribution in [0.2, 0.25) is 0 Å². The topological polar surface area (TPSA) is 83.1 Å². The van der Waals surface area contributed by atoms with E-state index in [1.807, 2.05) is 16.9 Å². The first-order chi connectivity index (χ1) is 16.6. The second-order valence-electron chi connectivity index (χ2n) is 10.6. The summed E-state index contributed by atoms with van der Waals surface area (Å²) in [6, 6.07) is 12.0. The van der Waals surface area contributed by atoms with Crippen LogP contribution in [-0.4, -0.2) is 69.6 Å². The summed E-state index contributed by atoms with van der Waals surface area (Å²) in [5.74, 6) is 1.70. The smallest absolute Gasteiger partial charge is 0.159 e. The van der Waals surface area contributed by atoms with Crippen molar-refractivity contribution < 1.29 is 4.74 Å². The van der Waals surface area contributed by atoms with Gasteiger partial charge in [0.05, 0.1) is 29.8 Å². The van der Waals surface area contributed by atoms with Crippen LogP contribution in [0.3, 0.4) is 0 Å². The lowest BCUT2D eigenvalue weighted by Gasteiger charge is -2.43. The molecule has 4 aliphatic rings. The number of hydrogen-bond acceptors (Lipinski definition) is 7. The highest BCUT2D eigenvalue weighted by Crippen LogP contribution is 2.78. The van der Waals surface area contributed by atoms with Gasteiger partial charge in [0.15, 0.2) is 5.82 Å². The maximum atomic E-state index is 9.98. The Labute approximate surface area is 199 Å². The minimum Gasteiger partial charge on any atom is -0.380 e. The van der Waals surface area contributed by atoms with Crippen LogP contribution in [0.1, 0.15) is 38.2 Å². The molecule has 0 amide bonds. The summed E-state index contributed by atoms with van der Waals surface area (Å²) in [6.07, 6.45) is 7.99. The molecule has 1 spiro atoms. The molecule has 0 N–H and O–H groups in total. The fraction of sp³-hybridized carbons (Fsp3) is 0.538. The van der Waals surface area contributed by atoms with Crippen molar-refractivity contribution in [3.63, 3.8) is 0 Å². The van der Waals surface area contributed by atoms with E-state index in [2.05, 4.69) is 56.1 Å². The first-order valence-electron chi connectivity index (χ1n) is 12.4. The molecule has 2 aliphatic carbocycles. The predicted molar refractivity (Wildman–Crippen MR) is 128 cm³/mol. The summed E-state index contributed by atoms with van der Waals surface area (Å²) >= 11 is 0. The Bertz CT molecular complexity index is 1300. The minimum atomic E-state index is -0.312. The number of anilines is 1. The van der Waals surface area contributed by atoms with E-state index < -0.39 is 0 Å². The molecular formula is C26H29N7O. The molecule has 7 rings (SSSR count). The molecule has 4 fully saturated rings. The van der Waals surface area contributed by atoms with Gasteiger partial charge in [-0.15, -0.1) is 0 Å². The number of nitriles is 1. The third kappa shape index (κ3) is 2.93. The Morgan fingerprint density at radius 2 is 2.03 bits per heavy atom. The molecule has 1 aromatic carbocycles. The summed E-state index contributed by atoms with van der Waals surface area (Å²) in [4.78, 5) is 14.1. The Hall–Kier alpha value is -3.02. The number of rotatable bonds is 4. The van der Waals surface area contributed by atoms with E-state index in [1.165, 1.54) is 12.8 Å². The summed E-state index contributed by atoms with van der Waals surface area (Å²) in [5.41, 5.74) is 2.05. The van der Waals surface area contributed by atoms with Gasteiger partial charge in [0.2, 0.25) is 0 Å². The molecule has 0 radical (unpaired) electrons. The standard InChI is InChI=1S/C26H29N7O/c1-18-13-31(7-8-32(18)21-4-9-34-14-21)23-11-24(29-17-28-23)33-22-10-20(3-2-19(22)12-30-33)26(16-27)15-25(26)5-6-25/h2-3,10-12,17-18,21H,4-9,13-15H2,1H3/t18-,21-,26+/m1/s1. The van der Waals surface area contributed by atoms with E-state index >= 15 is 0 Å². The quantitative estimate of drug-likeness (QED) is 0.598. The average molecular weight is 456 g/mol. The molecule has 2 saturated carbocycles. The van der Waals surface area contributed by atoms with E-state index in [1.54, 1.807) is 6.33 Å². The normalized spacial score (nSPS) is 30.1. The zero-order valence-electron chi connectivity index (χ0n) is 19.5. The Morgan fingerprint density at radius 1 is 1.15 bits per heavy atom. The van der Waals surface area contributed by atoms with Crippen LogP contribution in [0.4, 0.5) is 5.82 Å². The molecule has 8 nitrogen and oxygen atoms in total. The van der Waals surface area contributed by atoms with Crippen molar-refractivity contribution in [1.82, 2.24) is 24.6 Å². The van der Waals surface area contributed by atoms with E-state index in [-0.39, 0.29) is 10.8 Å². The Morgan fingerprint density at radius 3 is 2.76 bits per heavy atom. The van der Waals surface area contributed by atoms with Gasteiger partial charge in [0, 0.05) is 49.8 Å². The maximum Gasteiger partial charge on any atom is 0.159 e. The maximum absolute atomic E-state index is 9.98. The molecule has 2 saturated heterocycles. The second kappa shape index (κ2) is 7.24. The van der Waals surface area contributed by atoms with E-state index in [9.17, 15) is 5.26 Å². The molecular weight excluding hydrogens is 426 g/mol.